The fraction of sp³-hybridized carbons (Fsp3) is 1.00. The fourth-order valence-electron chi connectivity index (χ4n) is 0.443. The van der Waals surface area contributed by atoms with Crippen molar-refractivity contribution in [2.45, 2.75) is 0 Å². The van der Waals surface area contributed by atoms with Gasteiger partial charge in [-0.25, -0.2) is 8.42 Å². The van der Waals surface area contributed by atoms with Gasteiger partial charge in [-0.2, -0.15) is 0 Å². The first-order chi connectivity index (χ1) is 5.06. The van der Waals surface area contributed by atoms with Gasteiger partial charge >= 0.3 is 0 Å². The Bertz CT molecular complexity index is 179. The van der Waals surface area contributed by atoms with Crippen LogP contribution in [-0.2, 0) is 14.6 Å². The minimum absolute atomic E-state index is 0.147. The molecule has 7 heteroatoms. The molecule has 0 aromatic heterocycles. The molecule has 11 heavy (non-hydrogen) atoms. The lowest BCUT2D eigenvalue weighted by Crippen LogP contribution is -2.26. The lowest BCUT2D eigenvalue weighted by Gasteiger charge is -2.07. The molecular formula is C4H11N2O4S-. The summed E-state index contributed by atoms with van der Waals surface area (Å²) in [6.45, 7) is 1.19. The number of nitrogens with two attached hydrogens (primary N) is 1. The van der Waals surface area contributed by atoms with Crippen molar-refractivity contribution in [3.8, 4) is 0 Å². The Morgan fingerprint density at radius 3 is 2.55 bits per heavy atom. The summed E-state index contributed by atoms with van der Waals surface area (Å²) < 4.78 is 33.4. The van der Waals surface area contributed by atoms with Gasteiger partial charge in [-0.15, -0.1) is 0 Å². The molecule has 0 aromatic rings. The van der Waals surface area contributed by atoms with E-state index in [0.717, 1.165) is 0 Å². The molecule has 0 bridgehead atoms. The fourth-order valence-corrected chi connectivity index (χ4v) is 0.730. The molecule has 0 atom stereocenters. The van der Waals surface area contributed by atoms with E-state index in [1.54, 1.807) is 0 Å². The van der Waals surface area contributed by atoms with E-state index in [1.807, 2.05) is 0 Å². The monoisotopic (exact) mass is 183 g/mol. The summed E-state index contributed by atoms with van der Waals surface area (Å²) in [4.78, 5) is 0. The molecule has 0 amide bonds. The first kappa shape index (κ1) is 10.8. The number of rotatable bonds is 6. The summed E-state index contributed by atoms with van der Waals surface area (Å²) in [6.07, 6.45) is 0. The largest absolute Gasteiger partial charge is 0.726 e. The van der Waals surface area contributed by atoms with Crippen LogP contribution in [0.15, 0.2) is 0 Å². The molecule has 0 aromatic carbocycles. The second-order valence-corrected chi connectivity index (χ2v) is 2.82. The van der Waals surface area contributed by atoms with Crippen molar-refractivity contribution >= 4 is 10.4 Å². The number of hydrogen-bond donors (Lipinski definition) is 2. The molecule has 0 aliphatic heterocycles. The van der Waals surface area contributed by atoms with Gasteiger partial charge in [0.15, 0.2) is 0 Å². The Kier molecular flexibility index (Phi) is 5.34. The molecule has 0 spiro atoms. The van der Waals surface area contributed by atoms with Crippen LogP contribution in [-0.4, -0.2) is 39.2 Å². The maximum atomic E-state index is 9.83. The van der Waals surface area contributed by atoms with Gasteiger partial charge < -0.3 is 15.6 Å². The second kappa shape index (κ2) is 5.44. The van der Waals surface area contributed by atoms with Crippen LogP contribution in [0.25, 0.3) is 0 Å². The summed E-state index contributed by atoms with van der Waals surface area (Å²) in [7, 11) is -4.53. The summed E-state index contributed by atoms with van der Waals surface area (Å²) in [6, 6.07) is 0. The van der Waals surface area contributed by atoms with Crippen LogP contribution in [0.2, 0.25) is 0 Å². The summed E-state index contributed by atoms with van der Waals surface area (Å²) >= 11 is 0. The smallest absolute Gasteiger partial charge is 0.217 e. The van der Waals surface area contributed by atoms with Crippen LogP contribution in [0, 0.1) is 0 Å². The Labute approximate surface area is 65.7 Å². The highest BCUT2D eigenvalue weighted by atomic mass is 32.3. The van der Waals surface area contributed by atoms with Gasteiger partial charge in [0.2, 0.25) is 10.4 Å². The highest BCUT2D eigenvalue weighted by Crippen LogP contribution is 1.82. The second-order valence-electron chi connectivity index (χ2n) is 1.77. The third-order valence-electron chi connectivity index (χ3n) is 0.828. The van der Waals surface area contributed by atoms with Crippen LogP contribution in [0.5, 0.6) is 0 Å². The van der Waals surface area contributed by atoms with E-state index >= 15 is 0 Å². The SMILES string of the molecule is NCCNCCOS(=O)(=O)[O-]. The molecule has 0 aliphatic carbocycles. The third-order valence-corrected chi connectivity index (χ3v) is 1.28. The van der Waals surface area contributed by atoms with Gasteiger partial charge in [-0.1, -0.05) is 0 Å². The van der Waals surface area contributed by atoms with E-state index in [4.69, 9.17) is 5.73 Å². The molecule has 0 fully saturated rings. The van der Waals surface area contributed by atoms with Gasteiger partial charge in [-0.05, 0) is 0 Å². The predicted molar refractivity (Wildman–Crippen MR) is 37.6 cm³/mol. The molecular weight excluding hydrogens is 172 g/mol. The molecule has 0 heterocycles. The van der Waals surface area contributed by atoms with E-state index < -0.39 is 10.4 Å². The molecule has 0 rings (SSSR count). The van der Waals surface area contributed by atoms with Gasteiger partial charge in [0.05, 0.1) is 6.61 Å². The molecule has 0 saturated heterocycles. The maximum absolute atomic E-state index is 9.83. The van der Waals surface area contributed by atoms with Crippen LogP contribution >= 0.6 is 0 Å². The van der Waals surface area contributed by atoms with Crippen molar-refractivity contribution in [2.24, 2.45) is 5.73 Å². The Balaban J connectivity index is 3.16. The Morgan fingerprint density at radius 2 is 2.09 bits per heavy atom. The van der Waals surface area contributed by atoms with Crippen molar-refractivity contribution in [1.82, 2.24) is 5.32 Å². The Hall–Kier alpha value is -0.210. The standard InChI is InChI=1S/C4H12N2O4S/c5-1-2-6-3-4-10-11(7,8)9/h6H,1-5H2,(H,7,8,9)/p-1. The van der Waals surface area contributed by atoms with E-state index in [0.29, 0.717) is 19.6 Å². The highest BCUT2D eigenvalue weighted by Gasteiger charge is 1.92. The van der Waals surface area contributed by atoms with Crippen molar-refractivity contribution in [1.29, 1.82) is 0 Å². The van der Waals surface area contributed by atoms with Crippen molar-refractivity contribution in [2.75, 3.05) is 26.2 Å². The minimum Gasteiger partial charge on any atom is -0.726 e. The average Bonchev–Trinajstić information content (AvgIpc) is 1.85. The van der Waals surface area contributed by atoms with Crippen molar-refractivity contribution < 1.29 is 17.2 Å². The van der Waals surface area contributed by atoms with Crippen molar-refractivity contribution in [3.05, 3.63) is 0 Å². The topological polar surface area (TPSA) is 104 Å². The van der Waals surface area contributed by atoms with Crippen molar-refractivity contribution in [3.63, 3.8) is 0 Å². The first-order valence-corrected chi connectivity index (χ1v) is 4.40. The van der Waals surface area contributed by atoms with Gasteiger partial charge in [0.25, 0.3) is 0 Å². The zero-order valence-electron chi connectivity index (χ0n) is 5.95. The van der Waals surface area contributed by atoms with E-state index in [1.165, 1.54) is 0 Å². The zero-order chi connectivity index (χ0) is 8.74. The quantitative estimate of drug-likeness (QED) is 0.280. The zero-order valence-corrected chi connectivity index (χ0v) is 6.76. The average molecular weight is 183 g/mol. The van der Waals surface area contributed by atoms with Crippen LogP contribution in [0.1, 0.15) is 0 Å². The summed E-state index contributed by atoms with van der Waals surface area (Å²) in [5, 5.41) is 2.75. The predicted octanol–water partition coefficient (Wildman–Crippen LogP) is -1.99. The number of hydrogen-bond acceptors (Lipinski definition) is 6. The van der Waals surface area contributed by atoms with E-state index in [2.05, 4.69) is 9.50 Å². The maximum Gasteiger partial charge on any atom is 0.217 e. The normalized spacial score (nSPS) is 11.8. The first-order valence-electron chi connectivity index (χ1n) is 3.07. The lowest BCUT2D eigenvalue weighted by molar-refractivity contribution is 0.261. The van der Waals surface area contributed by atoms with E-state index in [9.17, 15) is 13.0 Å². The third kappa shape index (κ3) is 9.79. The van der Waals surface area contributed by atoms with Crippen LogP contribution in [0.4, 0.5) is 0 Å². The van der Waals surface area contributed by atoms with Crippen LogP contribution < -0.4 is 11.1 Å². The van der Waals surface area contributed by atoms with Gasteiger partial charge in [-0.3, -0.25) is 4.18 Å². The summed E-state index contributed by atoms with van der Waals surface area (Å²) in [5.74, 6) is 0. The molecule has 0 radical (unpaired) electrons. The molecule has 3 N–H and O–H groups in total. The van der Waals surface area contributed by atoms with Gasteiger partial charge in [0.1, 0.15) is 0 Å². The van der Waals surface area contributed by atoms with Crippen LogP contribution in [0.3, 0.4) is 0 Å². The summed E-state index contributed by atoms with van der Waals surface area (Å²) in [5.41, 5.74) is 5.11. The molecule has 0 unspecified atom stereocenters. The molecule has 0 saturated carbocycles. The Morgan fingerprint density at radius 1 is 1.45 bits per heavy atom. The van der Waals surface area contributed by atoms with Gasteiger partial charge in [0, 0.05) is 19.6 Å². The molecule has 68 valence electrons. The number of nitrogens with one attached hydrogen (secondary N) is 1. The lowest BCUT2D eigenvalue weighted by atomic mass is 10.6. The molecule has 6 nitrogen and oxygen atoms in total. The highest BCUT2D eigenvalue weighted by molar-refractivity contribution is 7.80. The minimum atomic E-state index is -4.53. The van der Waals surface area contributed by atoms with E-state index in [-0.39, 0.29) is 6.61 Å². The molecule has 0 aliphatic rings.